The van der Waals surface area contributed by atoms with E-state index < -0.39 is 24.3 Å². The number of carboxylic acids is 1. The number of hydrogen-bond acceptors (Lipinski definition) is 7. The van der Waals surface area contributed by atoms with Crippen molar-refractivity contribution in [3.8, 4) is 0 Å². The van der Waals surface area contributed by atoms with Crippen molar-refractivity contribution in [1.29, 1.82) is 0 Å². The van der Waals surface area contributed by atoms with E-state index in [1.165, 1.54) is 218 Å². The van der Waals surface area contributed by atoms with Gasteiger partial charge in [0.05, 0.1) is 34.4 Å². The van der Waals surface area contributed by atoms with Gasteiger partial charge in [-0.3, -0.25) is 9.59 Å². The highest BCUT2D eigenvalue weighted by Crippen LogP contribution is 2.17. The predicted octanol–water partition coefficient (Wildman–Crippen LogP) is 18.1. The first-order valence-electron chi connectivity index (χ1n) is 30.7. The Balaban J connectivity index is 4.15. The normalized spacial score (nSPS) is 13.0. The third-order valence-corrected chi connectivity index (χ3v) is 13.6. The highest BCUT2D eigenvalue weighted by molar-refractivity contribution is 5.71. The van der Waals surface area contributed by atoms with Crippen LogP contribution in [0.5, 0.6) is 0 Å². The quantitative estimate of drug-likeness (QED) is 0.0211. The molecule has 9 heteroatoms. The number of ether oxygens (including phenoxy) is 4. The maximum atomic E-state index is 12.9. The Morgan fingerprint density at radius 2 is 0.750 bits per heavy atom. The zero-order chi connectivity index (χ0) is 52.7. The molecule has 2 atom stereocenters. The van der Waals surface area contributed by atoms with E-state index in [1.807, 2.05) is 21.1 Å². The van der Waals surface area contributed by atoms with Gasteiger partial charge in [-0.1, -0.05) is 243 Å². The van der Waals surface area contributed by atoms with Crippen molar-refractivity contribution < 1.29 is 42.9 Å². The van der Waals surface area contributed by atoms with E-state index in [2.05, 4.69) is 50.3 Å². The largest absolute Gasteiger partial charge is 0.477 e. The van der Waals surface area contributed by atoms with Crippen LogP contribution >= 0.6 is 0 Å². The zero-order valence-electron chi connectivity index (χ0n) is 48.1. The van der Waals surface area contributed by atoms with Gasteiger partial charge in [-0.2, -0.15) is 0 Å². The van der Waals surface area contributed by atoms with Crippen LogP contribution in [0.2, 0.25) is 0 Å². The highest BCUT2D eigenvalue weighted by Gasteiger charge is 2.25. The van der Waals surface area contributed by atoms with Gasteiger partial charge in [0.15, 0.2) is 6.10 Å². The molecule has 0 saturated heterocycles. The van der Waals surface area contributed by atoms with Crippen LogP contribution in [0.15, 0.2) is 36.5 Å². The van der Waals surface area contributed by atoms with E-state index in [9.17, 15) is 19.5 Å². The fourth-order valence-corrected chi connectivity index (χ4v) is 8.86. The lowest BCUT2D eigenvalue weighted by atomic mass is 10.0. The molecule has 9 nitrogen and oxygen atoms in total. The van der Waals surface area contributed by atoms with E-state index in [4.69, 9.17) is 18.9 Å². The molecule has 0 aromatic carbocycles. The number of aliphatic carboxylic acids is 1. The highest BCUT2D eigenvalue weighted by atomic mass is 16.7. The molecule has 2 unspecified atom stereocenters. The van der Waals surface area contributed by atoms with Crippen LogP contribution in [0.1, 0.15) is 290 Å². The smallest absolute Gasteiger partial charge is 0.361 e. The maximum Gasteiger partial charge on any atom is 0.361 e. The first kappa shape index (κ1) is 69.5. The summed E-state index contributed by atoms with van der Waals surface area (Å²) >= 11 is 0. The molecule has 0 aliphatic heterocycles. The number of carbonyl (C=O) groups is 3. The van der Waals surface area contributed by atoms with Crippen molar-refractivity contribution >= 4 is 17.9 Å². The number of carbonyl (C=O) groups excluding carboxylic acids is 2. The summed E-state index contributed by atoms with van der Waals surface area (Å²) in [6.45, 7) is 4.90. The molecule has 0 spiro atoms. The summed E-state index contributed by atoms with van der Waals surface area (Å²) in [5.74, 6) is -1.99. The molecule has 0 aromatic rings. The van der Waals surface area contributed by atoms with Gasteiger partial charge in [-0.05, 0) is 70.6 Å². The Kier molecular flexibility index (Phi) is 52.9. The third kappa shape index (κ3) is 55.3. The van der Waals surface area contributed by atoms with Crippen molar-refractivity contribution in [1.82, 2.24) is 0 Å². The molecular weight excluding hydrogens is 899 g/mol. The van der Waals surface area contributed by atoms with E-state index in [0.717, 1.165) is 44.9 Å². The zero-order valence-corrected chi connectivity index (χ0v) is 48.1. The van der Waals surface area contributed by atoms with Crippen LogP contribution in [0, 0.1) is 0 Å². The lowest BCUT2D eigenvalue weighted by Gasteiger charge is -2.25. The molecule has 0 radical (unpaired) electrons. The minimum absolute atomic E-state index is 0.181. The van der Waals surface area contributed by atoms with Gasteiger partial charge >= 0.3 is 17.9 Å². The van der Waals surface area contributed by atoms with Crippen molar-refractivity contribution in [3.63, 3.8) is 0 Å². The SMILES string of the molecule is CCCCCCC/C=C\C/C=C\CCCCCCCCCCCCCCCCCCCC(=O)OC(COC(=O)CCCCCCCCC/C=C\CCCCCCCCC)COC(OCC[N+](C)(C)C)C(=O)O. The van der Waals surface area contributed by atoms with Gasteiger partial charge in [-0.25, -0.2) is 4.79 Å². The van der Waals surface area contributed by atoms with Gasteiger partial charge in [0.2, 0.25) is 0 Å². The fourth-order valence-electron chi connectivity index (χ4n) is 8.86. The summed E-state index contributed by atoms with van der Waals surface area (Å²) < 4.78 is 22.9. The van der Waals surface area contributed by atoms with Gasteiger partial charge in [-0.15, -0.1) is 0 Å². The molecule has 0 aliphatic carbocycles. The first-order chi connectivity index (χ1) is 35.1. The number of hydrogen-bond donors (Lipinski definition) is 1. The molecule has 72 heavy (non-hydrogen) atoms. The third-order valence-electron chi connectivity index (χ3n) is 13.6. The summed E-state index contributed by atoms with van der Waals surface area (Å²) in [6.07, 6.45) is 63.7. The summed E-state index contributed by atoms with van der Waals surface area (Å²) in [5, 5.41) is 9.71. The molecule has 0 aliphatic rings. The second-order valence-corrected chi connectivity index (χ2v) is 22.0. The summed E-state index contributed by atoms with van der Waals surface area (Å²) in [7, 11) is 5.98. The number of likely N-dealkylation sites (N-methyl/N-ethyl adjacent to an activating group) is 1. The Morgan fingerprint density at radius 1 is 0.417 bits per heavy atom. The Morgan fingerprint density at radius 3 is 1.11 bits per heavy atom. The van der Waals surface area contributed by atoms with Crippen molar-refractivity contribution in [3.05, 3.63) is 36.5 Å². The summed E-state index contributed by atoms with van der Waals surface area (Å²) in [5.41, 5.74) is 0. The van der Waals surface area contributed by atoms with Gasteiger partial charge in [0.1, 0.15) is 13.2 Å². The van der Waals surface area contributed by atoms with Crippen molar-refractivity contribution in [2.45, 2.75) is 302 Å². The average Bonchev–Trinajstić information content (AvgIpc) is 3.35. The Hall–Kier alpha value is -2.49. The Labute approximate surface area is 445 Å². The van der Waals surface area contributed by atoms with E-state index >= 15 is 0 Å². The van der Waals surface area contributed by atoms with Gasteiger partial charge in [0.25, 0.3) is 6.29 Å². The number of quaternary nitrogens is 1. The molecular formula is C63H118NO8+. The molecule has 0 heterocycles. The number of rotatable bonds is 57. The lowest BCUT2D eigenvalue weighted by molar-refractivity contribution is -0.870. The monoisotopic (exact) mass is 1020 g/mol. The topological polar surface area (TPSA) is 108 Å². The molecule has 0 rings (SSSR count). The molecule has 0 saturated carbocycles. The van der Waals surface area contributed by atoms with E-state index in [-0.39, 0.29) is 32.2 Å². The first-order valence-corrected chi connectivity index (χ1v) is 30.7. The van der Waals surface area contributed by atoms with Gasteiger partial charge < -0.3 is 28.5 Å². The van der Waals surface area contributed by atoms with Crippen LogP contribution in [0.4, 0.5) is 0 Å². The molecule has 0 fully saturated rings. The Bertz CT molecular complexity index is 1270. The number of unbranched alkanes of at least 4 members (excludes halogenated alkanes) is 36. The van der Waals surface area contributed by atoms with Crippen LogP contribution in [0.3, 0.4) is 0 Å². The van der Waals surface area contributed by atoms with Crippen LogP contribution < -0.4 is 0 Å². The molecule has 422 valence electrons. The number of nitrogens with zero attached hydrogens (tertiary/aromatic N) is 1. The maximum absolute atomic E-state index is 12.9. The van der Waals surface area contributed by atoms with Crippen molar-refractivity contribution in [2.24, 2.45) is 0 Å². The van der Waals surface area contributed by atoms with Gasteiger partial charge in [0, 0.05) is 12.8 Å². The fraction of sp³-hybridized carbons (Fsp3) is 0.857. The number of allylic oxidation sites excluding steroid dienone is 6. The van der Waals surface area contributed by atoms with Crippen LogP contribution in [-0.4, -0.2) is 87.4 Å². The summed E-state index contributed by atoms with van der Waals surface area (Å²) in [4.78, 5) is 37.4. The second-order valence-electron chi connectivity index (χ2n) is 22.0. The molecule has 0 aromatic heterocycles. The lowest BCUT2D eigenvalue weighted by Crippen LogP contribution is -2.40. The second kappa shape index (κ2) is 54.8. The number of esters is 2. The summed E-state index contributed by atoms with van der Waals surface area (Å²) in [6, 6.07) is 0. The van der Waals surface area contributed by atoms with Crippen molar-refractivity contribution in [2.75, 3.05) is 47.5 Å². The average molecular weight is 1020 g/mol. The number of carboxylic acid groups (broad SMARTS) is 1. The predicted molar refractivity (Wildman–Crippen MR) is 304 cm³/mol. The van der Waals surface area contributed by atoms with Crippen LogP contribution in [0.25, 0.3) is 0 Å². The van der Waals surface area contributed by atoms with E-state index in [0.29, 0.717) is 17.4 Å². The molecule has 1 N–H and O–H groups in total. The minimum Gasteiger partial charge on any atom is -0.477 e. The molecule has 0 amide bonds. The minimum atomic E-state index is -1.51. The van der Waals surface area contributed by atoms with E-state index in [1.54, 1.807) is 0 Å². The standard InChI is InChI=1S/C63H117NO8/c1-6-8-10-12-14-16-18-20-22-24-26-27-28-29-30-31-32-33-34-35-36-38-40-42-44-46-48-50-52-54-61(66)72-59(58-71-63(62(67)68)69-56-55-64(3,4)5)57-70-60(65)53-51-49-47-45-43-41-39-37-25-23-21-19-17-15-13-11-9-7-2/h18,20,23-26,59,63H,6-17,19,21-22,27-58H2,1-5H3/p+1/b20-18-,25-23-,26-24-. The molecule has 0 bridgehead atoms. The van der Waals surface area contributed by atoms with Crippen LogP contribution in [-0.2, 0) is 33.3 Å².